The largest absolute Gasteiger partial charge is 0.478 e. The molecular formula is C15H10Cl2O3. The zero-order chi connectivity index (χ0) is 14.5. The smallest absolute Gasteiger partial charge is 0.328 e. The Morgan fingerprint density at radius 3 is 2.35 bits per heavy atom. The Hall–Kier alpha value is -1.97. The van der Waals surface area contributed by atoms with Crippen molar-refractivity contribution in [1.82, 2.24) is 0 Å². The molecule has 0 aliphatic carbocycles. The maximum atomic E-state index is 10.6. The second kappa shape index (κ2) is 6.46. The van der Waals surface area contributed by atoms with Gasteiger partial charge in [-0.25, -0.2) is 4.79 Å². The quantitative estimate of drug-likeness (QED) is 0.818. The third-order valence-corrected chi connectivity index (χ3v) is 2.91. The summed E-state index contributed by atoms with van der Waals surface area (Å²) in [4.78, 5) is 10.6. The number of carbonyl (C=O) groups is 1. The summed E-state index contributed by atoms with van der Waals surface area (Å²) in [6.45, 7) is 0. The molecule has 2 aromatic rings. The minimum absolute atomic E-state index is 0.499. The standard InChI is InChI=1S/C15H10Cl2O3/c16-11-2-5-13(6-3-11)20-14-7-4-12(17)9-10(14)1-8-15(18)19/h1-9H,(H,18,19)/b8-1+. The van der Waals surface area contributed by atoms with E-state index in [2.05, 4.69) is 0 Å². The van der Waals surface area contributed by atoms with Crippen molar-refractivity contribution in [2.45, 2.75) is 0 Å². The average molecular weight is 309 g/mol. The van der Waals surface area contributed by atoms with Crippen LogP contribution in [-0.2, 0) is 4.79 Å². The molecule has 102 valence electrons. The van der Waals surface area contributed by atoms with Crippen LogP contribution >= 0.6 is 23.2 Å². The number of carboxylic acids is 1. The highest BCUT2D eigenvalue weighted by atomic mass is 35.5. The molecule has 0 atom stereocenters. The van der Waals surface area contributed by atoms with Gasteiger partial charge in [-0.05, 0) is 48.5 Å². The normalized spacial score (nSPS) is 10.7. The van der Waals surface area contributed by atoms with Crippen LogP contribution in [0.2, 0.25) is 10.0 Å². The first-order valence-corrected chi connectivity index (χ1v) is 6.44. The van der Waals surface area contributed by atoms with Crippen molar-refractivity contribution in [3.63, 3.8) is 0 Å². The molecule has 0 amide bonds. The molecule has 20 heavy (non-hydrogen) atoms. The van der Waals surface area contributed by atoms with Crippen LogP contribution in [-0.4, -0.2) is 11.1 Å². The molecule has 0 aliphatic heterocycles. The number of carboxylic acid groups (broad SMARTS) is 1. The lowest BCUT2D eigenvalue weighted by Crippen LogP contribution is -1.90. The molecule has 3 nitrogen and oxygen atoms in total. The molecular weight excluding hydrogens is 299 g/mol. The fraction of sp³-hybridized carbons (Fsp3) is 0. The second-order valence-electron chi connectivity index (χ2n) is 3.91. The Labute approximate surface area is 126 Å². The van der Waals surface area contributed by atoms with Gasteiger partial charge in [0.05, 0.1) is 0 Å². The predicted molar refractivity (Wildman–Crippen MR) is 79.6 cm³/mol. The van der Waals surface area contributed by atoms with Crippen molar-refractivity contribution in [3.05, 3.63) is 64.1 Å². The zero-order valence-corrected chi connectivity index (χ0v) is 11.7. The molecule has 0 saturated heterocycles. The van der Waals surface area contributed by atoms with Crippen LogP contribution in [0, 0.1) is 0 Å². The molecule has 1 N–H and O–H groups in total. The van der Waals surface area contributed by atoms with Gasteiger partial charge in [0.15, 0.2) is 0 Å². The van der Waals surface area contributed by atoms with Gasteiger partial charge in [0.1, 0.15) is 11.5 Å². The molecule has 2 aromatic carbocycles. The van der Waals surface area contributed by atoms with E-state index in [4.69, 9.17) is 33.0 Å². The molecule has 0 spiro atoms. The van der Waals surface area contributed by atoms with Gasteiger partial charge in [0.2, 0.25) is 0 Å². The summed E-state index contributed by atoms with van der Waals surface area (Å²) in [5, 5.41) is 9.79. The number of hydrogen-bond donors (Lipinski definition) is 1. The first-order valence-electron chi connectivity index (χ1n) is 5.68. The first-order chi connectivity index (χ1) is 9.54. The summed E-state index contributed by atoms with van der Waals surface area (Å²) in [5.41, 5.74) is 0.579. The molecule has 0 unspecified atom stereocenters. The van der Waals surface area contributed by atoms with Crippen molar-refractivity contribution in [2.24, 2.45) is 0 Å². The van der Waals surface area contributed by atoms with Crippen molar-refractivity contribution in [3.8, 4) is 11.5 Å². The summed E-state index contributed by atoms with van der Waals surface area (Å²) in [5.74, 6) is 0.0679. The van der Waals surface area contributed by atoms with E-state index in [0.29, 0.717) is 27.1 Å². The van der Waals surface area contributed by atoms with E-state index in [1.165, 1.54) is 6.08 Å². The minimum atomic E-state index is -1.04. The van der Waals surface area contributed by atoms with E-state index in [0.717, 1.165) is 6.08 Å². The molecule has 0 saturated carbocycles. The maximum absolute atomic E-state index is 10.6. The number of halogens is 2. The van der Waals surface area contributed by atoms with Gasteiger partial charge in [-0.2, -0.15) is 0 Å². The number of rotatable bonds is 4. The fourth-order valence-corrected chi connectivity index (χ4v) is 1.84. The number of ether oxygens (including phenoxy) is 1. The van der Waals surface area contributed by atoms with Gasteiger partial charge in [0.25, 0.3) is 0 Å². The van der Waals surface area contributed by atoms with Gasteiger partial charge in [0, 0.05) is 21.7 Å². The SMILES string of the molecule is O=C(O)/C=C/c1cc(Cl)ccc1Oc1ccc(Cl)cc1. The Balaban J connectivity index is 2.30. The Bertz CT molecular complexity index is 649. The second-order valence-corrected chi connectivity index (χ2v) is 4.78. The average Bonchev–Trinajstić information content (AvgIpc) is 2.41. The molecule has 0 aliphatic rings. The van der Waals surface area contributed by atoms with Gasteiger partial charge >= 0.3 is 5.97 Å². The van der Waals surface area contributed by atoms with Gasteiger partial charge in [-0.1, -0.05) is 23.2 Å². The van der Waals surface area contributed by atoms with E-state index >= 15 is 0 Å². The van der Waals surface area contributed by atoms with E-state index in [1.54, 1.807) is 42.5 Å². The Kier molecular flexibility index (Phi) is 4.66. The van der Waals surface area contributed by atoms with Crippen LogP contribution in [0.15, 0.2) is 48.5 Å². The van der Waals surface area contributed by atoms with E-state index < -0.39 is 5.97 Å². The van der Waals surface area contributed by atoms with Crippen LogP contribution in [0.1, 0.15) is 5.56 Å². The lowest BCUT2D eigenvalue weighted by molar-refractivity contribution is -0.131. The summed E-state index contributed by atoms with van der Waals surface area (Å²) >= 11 is 11.7. The third-order valence-electron chi connectivity index (χ3n) is 2.42. The van der Waals surface area contributed by atoms with Gasteiger partial charge < -0.3 is 9.84 Å². The summed E-state index contributed by atoms with van der Waals surface area (Å²) in [7, 11) is 0. The van der Waals surface area contributed by atoms with E-state index in [1.807, 2.05) is 0 Å². The summed E-state index contributed by atoms with van der Waals surface area (Å²) in [6, 6.07) is 11.8. The van der Waals surface area contributed by atoms with Crippen LogP contribution in [0.25, 0.3) is 6.08 Å². The number of aliphatic carboxylic acids is 1. The first kappa shape index (κ1) is 14.4. The Morgan fingerprint density at radius 1 is 1.05 bits per heavy atom. The van der Waals surface area contributed by atoms with Crippen molar-refractivity contribution in [1.29, 1.82) is 0 Å². The summed E-state index contributed by atoms with van der Waals surface area (Å²) < 4.78 is 5.69. The lowest BCUT2D eigenvalue weighted by Gasteiger charge is -2.09. The van der Waals surface area contributed by atoms with Crippen molar-refractivity contribution in [2.75, 3.05) is 0 Å². The lowest BCUT2D eigenvalue weighted by atomic mass is 10.2. The maximum Gasteiger partial charge on any atom is 0.328 e. The molecule has 0 aromatic heterocycles. The van der Waals surface area contributed by atoms with Crippen molar-refractivity contribution >= 4 is 35.2 Å². The Morgan fingerprint density at radius 2 is 1.70 bits per heavy atom. The molecule has 2 rings (SSSR count). The van der Waals surface area contributed by atoms with Crippen LogP contribution in [0.3, 0.4) is 0 Å². The predicted octanol–water partition coefficient (Wildman–Crippen LogP) is 4.88. The monoisotopic (exact) mass is 308 g/mol. The molecule has 0 heterocycles. The fourth-order valence-electron chi connectivity index (χ4n) is 1.53. The van der Waals surface area contributed by atoms with Crippen molar-refractivity contribution < 1.29 is 14.6 Å². The summed E-state index contributed by atoms with van der Waals surface area (Å²) in [6.07, 6.45) is 2.46. The van der Waals surface area contributed by atoms with E-state index in [-0.39, 0.29) is 0 Å². The highest BCUT2D eigenvalue weighted by Crippen LogP contribution is 2.29. The highest BCUT2D eigenvalue weighted by Gasteiger charge is 2.04. The topological polar surface area (TPSA) is 46.5 Å². The van der Waals surface area contributed by atoms with Crippen LogP contribution in [0.5, 0.6) is 11.5 Å². The third kappa shape index (κ3) is 4.02. The van der Waals surface area contributed by atoms with Crippen LogP contribution < -0.4 is 4.74 Å². The van der Waals surface area contributed by atoms with Gasteiger partial charge in [-0.15, -0.1) is 0 Å². The van der Waals surface area contributed by atoms with Gasteiger partial charge in [-0.3, -0.25) is 0 Å². The number of hydrogen-bond acceptors (Lipinski definition) is 2. The molecule has 0 fully saturated rings. The highest BCUT2D eigenvalue weighted by molar-refractivity contribution is 6.31. The van der Waals surface area contributed by atoms with Crippen LogP contribution in [0.4, 0.5) is 0 Å². The molecule has 0 bridgehead atoms. The molecule has 5 heteroatoms. The number of benzene rings is 2. The minimum Gasteiger partial charge on any atom is -0.478 e. The zero-order valence-electron chi connectivity index (χ0n) is 10.2. The molecule has 0 radical (unpaired) electrons. The van der Waals surface area contributed by atoms with E-state index in [9.17, 15) is 4.79 Å².